The molecule has 0 unspecified atom stereocenters. The zero-order valence-electron chi connectivity index (χ0n) is 10.0. The van der Waals surface area contributed by atoms with E-state index in [0.29, 0.717) is 23.2 Å². The number of nitrogens with zero attached hydrogens (tertiary/aromatic N) is 1. The van der Waals surface area contributed by atoms with Crippen LogP contribution in [0, 0.1) is 0 Å². The molecule has 4 nitrogen and oxygen atoms in total. The van der Waals surface area contributed by atoms with Crippen molar-refractivity contribution in [3.8, 4) is 0 Å². The molecule has 1 aromatic rings. The summed E-state index contributed by atoms with van der Waals surface area (Å²) < 4.78 is 4.92. The van der Waals surface area contributed by atoms with E-state index in [1.165, 1.54) is 4.90 Å². The lowest BCUT2D eigenvalue weighted by atomic mass is 10.2. The van der Waals surface area contributed by atoms with Crippen LogP contribution >= 0.6 is 23.2 Å². The maximum Gasteiger partial charge on any atom is 0.257 e. The highest BCUT2D eigenvalue weighted by Crippen LogP contribution is 2.25. The quantitative estimate of drug-likeness (QED) is 0.873. The largest absolute Gasteiger partial charge is 0.395 e. The van der Waals surface area contributed by atoms with Crippen LogP contribution in [0.25, 0.3) is 0 Å². The molecule has 0 radical (unpaired) electrons. The summed E-state index contributed by atoms with van der Waals surface area (Å²) in [6.07, 6.45) is 0. The molecule has 0 spiro atoms. The second kappa shape index (κ2) is 7.59. The fourth-order valence-corrected chi connectivity index (χ4v) is 2.06. The third-order valence-electron chi connectivity index (χ3n) is 2.40. The van der Waals surface area contributed by atoms with Crippen molar-refractivity contribution >= 4 is 29.1 Å². The molecule has 0 heterocycles. The number of halogens is 2. The molecule has 100 valence electrons. The molecule has 0 aliphatic carbocycles. The third-order valence-corrected chi connectivity index (χ3v) is 3.03. The Morgan fingerprint density at radius 2 is 1.94 bits per heavy atom. The number of amides is 1. The molecule has 0 aromatic heterocycles. The van der Waals surface area contributed by atoms with Gasteiger partial charge >= 0.3 is 0 Å². The van der Waals surface area contributed by atoms with Gasteiger partial charge in [-0.1, -0.05) is 29.3 Å². The summed E-state index contributed by atoms with van der Waals surface area (Å²) in [6, 6.07) is 4.88. The Kier molecular flexibility index (Phi) is 6.43. The molecular formula is C12H15Cl2NO3. The highest BCUT2D eigenvalue weighted by atomic mass is 35.5. The summed E-state index contributed by atoms with van der Waals surface area (Å²) in [4.78, 5) is 13.7. The van der Waals surface area contributed by atoms with Gasteiger partial charge in [0.2, 0.25) is 0 Å². The number of hydrogen-bond donors (Lipinski definition) is 1. The molecule has 18 heavy (non-hydrogen) atoms. The van der Waals surface area contributed by atoms with Crippen molar-refractivity contribution in [1.29, 1.82) is 0 Å². The number of aliphatic hydroxyl groups excluding tert-OH is 1. The first-order valence-corrected chi connectivity index (χ1v) is 6.20. The normalized spacial score (nSPS) is 10.4. The number of carbonyl (C=O) groups is 1. The minimum absolute atomic E-state index is 0.127. The van der Waals surface area contributed by atoms with Gasteiger partial charge in [-0.3, -0.25) is 4.79 Å². The van der Waals surface area contributed by atoms with Gasteiger partial charge in [0, 0.05) is 20.2 Å². The van der Waals surface area contributed by atoms with Crippen LogP contribution in [0.2, 0.25) is 10.0 Å². The fraction of sp³-hybridized carbons (Fsp3) is 0.417. The summed E-state index contributed by atoms with van der Waals surface area (Å²) in [5.74, 6) is -0.309. The molecule has 0 saturated carbocycles. The molecule has 1 rings (SSSR count). The van der Waals surface area contributed by atoms with Crippen molar-refractivity contribution in [2.75, 3.05) is 33.4 Å². The first-order valence-electron chi connectivity index (χ1n) is 5.45. The molecule has 0 atom stereocenters. The summed E-state index contributed by atoms with van der Waals surface area (Å²) >= 11 is 12.0. The molecule has 0 fully saturated rings. The Labute approximate surface area is 116 Å². The van der Waals surface area contributed by atoms with Gasteiger partial charge in [0.1, 0.15) is 0 Å². The van der Waals surface area contributed by atoms with E-state index in [9.17, 15) is 4.79 Å². The second-order valence-corrected chi connectivity index (χ2v) is 4.42. The molecule has 1 amide bonds. The van der Waals surface area contributed by atoms with Gasteiger partial charge in [-0.25, -0.2) is 0 Å². The van der Waals surface area contributed by atoms with Gasteiger partial charge < -0.3 is 14.7 Å². The van der Waals surface area contributed by atoms with Gasteiger partial charge in [0.25, 0.3) is 5.91 Å². The van der Waals surface area contributed by atoms with Crippen LogP contribution in [0.3, 0.4) is 0 Å². The summed E-state index contributed by atoms with van der Waals surface area (Å²) in [5, 5.41) is 9.57. The SMILES string of the molecule is COCCN(CCO)C(=O)c1c(Cl)cccc1Cl. The summed E-state index contributed by atoms with van der Waals surface area (Å²) in [7, 11) is 1.55. The van der Waals surface area contributed by atoms with Crippen LogP contribution in [-0.2, 0) is 4.74 Å². The Bertz CT molecular complexity index is 392. The van der Waals surface area contributed by atoms with Crippen molar-refractivity contribution in [2.45, 2.75) is 0 Å². The summed E-state index contributed by atoms with van der Waals surface area (Å²) in [6.45, 7) is 0.840. The van der Waals surface area contributed by atoms with Gasteiger partial charge in [-0.2, -0.15) is 0 Å². The van der Waals surface area contributed by atoms with Crippen molar-refractivity contribution in [1.82, 2.24) is 4.90 Å². The zero-order chi connectivity index (χ0) is 13.5. The number of carbonyl (C=O) groups excluding carboxylic acids is 1. The van der Waals surface area contributed by atoms with Crippen molar-refractivity contribution in [3.63, 3.8) is 0 Å². The van der Waals surface area contributed by atoms with Crippen LogP contribution in [-0.4, -0.2) is 49.3 Å². The molecule has 0 aliphatic rings. The molecule has 6 heteroatoms. The second-order valence-electron chi connectivity index (χ2n) is 3.61. The average Bonchev–Trinajstić information content (AvgIpc) is 2.34. The van der Waals surface area contributed by atoms with Gasteiger partial charge in [0.15, 0.2) is 0 Å². The van der Waals surface area contributed by atoms with Crippen LogP contribution in [0.5, 0.6) is 0 Å². The van der Waals surface area contributed by atoms with Gasteiger partial charge in [0.05, 0.1) is 28.8 Å². The molecule has 0 bridgehead atoms. The Morgan fingerprint density at radius 1 is 1.33 bits per heavy atom. The smallest absolute Gasteiger partial charge is 0.257 e. The van der Waals surface area contributed by atoms with E-state index in [1.54, 1.807) is 25.3 Å². The van der Waals surface area contributed by atoms with Crippen LogP contribution in [0.4, 0.5) is 0 Å². The molecule has 1 N–H and O–H groups in total. The number of methoxy groups -OCH3 is 1. The lowest BCUT2D eigenvalue weighted by Crippen LogP contribution is -2.36. The minimum atomic E-state index is -0.309. The number of rotatable bonds is 6. The van der Waals surface area contributed by atoms with Crippen LogP contribution in [0.15, 0.2) is 18.2 Å². The zero-order valence-corrected chi connectivity index (χ0v) is 11.5. The average molecular weight is 292 g/mol. The Balaban J connectivity index is 2.94. The highest BCUT2D eigenvalue weighted by Gasteiger charge is 2.20. The van der Waals surface area contributed by atoms with E-state index < -0.39 is 0 Å². The minimum Gasteiger partial charge on any atom is -0.395 e. The lowest BCUT2D eigenvalue weighted by molar-refractivity contribution is 0.0657. The van der Waals surface area contributed by atoms with Crippen LogP contribution < -0.4 is 0 Å². The predicted octanol–water partition coefficient (Wildman–Crippen LogP) is 2.07. The topological polar surface area (TPSA) is 49.8 Å². The van der Waals surface area contributed by atoms with E-state index in [-0.39, 0.29) is 24.6 Å². The maximum atomic E-state index is 12.3. The van der Waals surface area contributed by atoms with E-state index in [2.05, 4.69) is 0 Å². The van der Waals surface area contributed by atoms with E-state index >= 15 is 0 Å². The molecular weight excluding hydrogens is 277 g/mol. The predicted molar refractivity (Wildman–Crippen MR) is 71.3 cm³/mol. The standard InChI is InChI=1S/C12H15Cl2NO3/c1-18-8-6-15(5-7-16)12(17)11-9(13)3-2-4-10(11)14/h2-4,16H,5-8H2,1H3. The highest BCUT2D eigenvalue weighted by molar-refractivity contribution is 6.39. The van der Waals surface area contributed by atoms with Crippen molar-refractivity contribution in [2.24, 2.45) is 0 Å². The maximum absolute atomic E-state index is 12.3. The number of aliphatic hydroxyl groups is 1. The molecule has 0 saturated heterocycles. The number of benzene rings is 1. The van der Waals surface area contributed by atoms with Crippen molar-refractivity contribution in [3.05, 3.63) is 33.8 Å². The summed E-state index contributed by atoms with van der Waals surface area (Å²) in [5.41, 5.74) is 0.255. The van der Waals surface area contributed by atoms with E-state index in [0.717, 1.165) is 0 Å². The van der Waals surface area contributed by atoms with Crippen molar-refractivity contribution < 1.29 is 14.6 Å². The van der Waals surface area contributed by atoms with Gasteiger partial charge in [-0.15, -0.1) is 0 Å². The van der Waals surface area contributed by atoms with Crippen LogP contribution in [0.1, 0.15) is 10.4 Å². The first kappa shape index (κ1) is 15.2. The Morgan fingerprint density at radius 3 is 2.44 bits per heavy atom. The van der Waals surface area contributed by atoms with Gasteiger partial charge in [-0.05, 0) is 12.1 Å². The van der Waals surface area contributed by atoms with E-state index in [1.807, 2.05) is 0 Å². The molecule has 1 aromatic carbocycles. The Hall–Kier alpha value is -0.810. The fourth-order valence-electron chi connectivity index (χ4n) is 1.50. The number of hydrogen-bond acceptors (Lipinski definition) is 3. The monoisotopic (exact) mass is 291 g/mol. The lowest BCUT2D eigenvalue weighted by Gasteiger charge is -2.22. The third kappa shape index (κ3) is 3.85. The number of ether oxygens (including phenoxy) is 1. The first-order chi connectivity index (χ1) is 8.61. The van der Waals surface area contributed by atoms with E-state index in [4.69, 9.17) is 33.0 Å². The molecule has 0 aliphatic heterocycles.